The molecule has 1 aliphatic heterocycles. The van der Waals surface area contributed by atoms with Crippen molar-refractivity contribution in [3.8, 4) is 0 Å². The highest BCUT2D eigenvalue weighted by Crippen LogP contribution is 2.32. The molecule has 0 spiro atoms. The molecule has 7 heteroatoms. The van der Waals surface area contributed by atoms with Gasteiger partial charge >= 0.3 is 0 Å². The monoisotopic (exact) mass is 348 g/mol. The predicted octanol–water partition coefficient (Wildman–Crippen LogP) is 2.80. The Hall–Kier alpha value is -1.47. The summed E-state index contributed by atoms with van der Waals surface area (Å²) in [5.74, 6) is 0.171. The number of H-pyrrole nitrogens is 1. The molecule has 2 aromatic rings. The van der Waals surface area contributed by atoms with E-state index < -0.39 is 10.0 Å². The Morgan fingerprint density at radius 3 is 2.75 bits per heavy atom. The van der Waals surface area contributed by atoms with Crippen molar-refractivity contribution in [2.45, 2.75) is 56.1 Å². The molecule has 1 saturated carbocycles. The molecule has 0 unspecified atom stereocenters. The molecule has 6 nitrogen and oxygen atoms in total. The number of nitrogens with one attached hydrogen (secondary N) is 1. The quantitative estimate of drug-likeness (QED) is 0.925. The van der Waals surface area contributed by atoms with Gasteiger partial charge in [0.25, 0.3) is 0 Å². The van der Waals surface area contributed by atoms with Crippen molar-refractivity contribution < 1.29 is 8.42 Å². The molecule has 4 rings (SSSR count). The second kappa shape index (κ2) is 6.44. The van der Waals surface area contributed by atoms with E-state index in [0.29, 0.717) is 13.1 Å². The Morgan fingerprint density at radius 1 is 1.08 bits per heavy atom. The summed E-state index contributed by atoms with van der Waals surface area (Å²) in [4.78, 5) is 4.65. The number of sulfonamides is 1. The summed E-state index contributed by atoms with van der Waals surface area (Å²) in [5, 5.41) is 7.72. The zero-order chi connectivity index (χ0) is 16.6. The van der Waals surface area contributed by atoms with Crippen LogP contribution in [-0.4, -0.2) is 46.2 Å². The molecule has 0 amide bonds. The molecular formula is C17H24N4O2S. The molecule has 2 aromatic heterocycles. The van der Waals surface area contributed by atoms with Crippen LogP contribution < -0.4 is 0 Å². The molecule has 130 valence electrons. The number of nitrogens with zero attached hydrogens (tertiary/aromatic N) is 3. The van der Waals surface area contributed by atoms with Crippen molar-refractivity contribution in [3.05, 3.63) is 24.0 Å². The summed E-state index contributed by atoms with van der Waals surface area (Å²) in [7, 11) is -3.17. The Labute approximate surface area is 142 Å². The number of hydrogen-bond acceptors (Lipinski definition) is 4. The van der Waals surface area contributed by atoms with Crippen molar-refractivity contribution >= 4 is 21.1 Å². The normalized spacial score (nSPS) is 24.4. The zero-order valence-electron chi connectivity index (χ0n) is 13.8. The number of aromatic nitrogens is 3. The first-order chi connectivity index (χ1) is 11.6. The van der Waals surface area contributed by atoms with E-state index in [4.69, 9.17) is 0 Å². The van der Waals surface area contributed by atoms with E-state index in [2.05, 4.69) is 15.2 Å². The third kappa shape index (κ3) is 2.95. The van der Waals surface area contributed by atoms with Crippen molar-refractivity contribution in [1.82, 2.24) is 19.5 Å². The van der Waals surface area contributed by atoms with Crippen molar-refractivity contribution in [3.63, 3.8) is 0 Å². The van der Waals surface area contributed by atoms with Crippen LogP contribution in [0.3, 0.4) is 0 Å². The highest BCUT2D eigenvalue weighted by Gasteiger charge is 2.36. The molecule has 3 heterocycles. The van der Waals surface area contributed by atoms with Gasteiger partial charge in [-0.1, -0.05) is 19.3 Å². The highest BCUT2D eigenvalue weighted by molar-refractivity contribution is 7.89. The number of rotatable bonds is 3. The van der Waals surface area contributed by atoms with E-state index in [0.717, 1.165) is 55.3 Å². The SMILES string of the molecule is O=S(=O)(C1CCCCC1)N1CCC[C@@H](c2ccc3cn[nH]c3n2)C1. The fourth-order valence-electron chi connectivity index (χ4n) is 4.06. The molecule has 1 aliphatic carbocycles. The van der Waals surface area contributed by atoms with Crippen molar-refractivity contribution in [2.75, 3.05) is 13.1 Å². The van der Waals surface area contributed by atoms with Gasteiger partial charge in [-0.15, -0.1) is 0 Å². The zero-order valence-corrected chi connectivity index (χ0v) is 14.6. The minimum atomic E-state index is -3.17. The lowest BCUT2D eigenvalue weighted by atomic mass is 9.95. The van der Waals surface area contributed by atoms with E-state index in [1.54, 1.807) is 10.5 Å². The van der Waals surface area contributed by atoms with E-state index >= 15 is 0 Å². The molecule has 2 fully saturated rings. The van der Waals surface area contributed by atoms with Gasteiger partial charge in [-0.2, -0.15) is 5.10 Å². The second-order valence-corrected chi connectivity index (χ2v) is 9.26. The lowest BCUT2D eigenvalue weighted by molar-refractivity contribution is 0.305. The predicted molar refractivity (Wildman–Crippen MR) is 93.2 cm³/mol. The number of pyridine rings is 1. The second-order valence-electron chi connectivity index (χ2n) is 7.05. The fraction of sp³-hybridized carbons (Fsp3) is 0.647. The summed E-state index contributed by atoms with van der Waals surface area (Å²) in [6.45, 7) is 1.22. The molecule has 1 saturated heterocycles. The smallest absolute Gasteiger partial charge is 0.217 e. The summed E-state index contributed by atoms with van der Waals surface area (Å²) in [6, 6.07) is 4.02. The molecule has 1 atom stereocenters. The number of fused-ring (bicyclic) bond motifs is 1. The topological polar surface area (TPSA) is 79.0 Å². The largest absolute Gasteiger partial charge is 0.261 e. The number of aromatic amines is 1. The van der Waals surface area contributed by atoms with Gasteiger partial charge in [-0.25, -0.2) is 17.7 Å². The van der Waals surface area contributed by atoms with Gasteiger partial charge < -0.3 is 0 Å². The summed E-state index contributed by atoms with van der Waals surface area (Å²) >= 11 is 0. The first kappa shape index (κ1) is 16.0. The Balaban J connectivity index is 1.54. The summed E-state index contributed by atoms with van der Waals surface area (Å²) in [6.07, 6.45) is 8.54. The molecule has 0 bridgehead atoms. The highest BCUT2D eigenvalue weighted by atomic mass is 32.2. The van der Waals surface area contributed by atoms with Crippen LogP contribution in [0.2, 0.25) is 0 Å². The fourth-order valence-corrected chi connectivity index (χ4v) is 6.18. The molecule has 0 aromatic carbocycles. The third-order valence-electron chi connectivity index (χ3n) is 5.46. The first-order valence-corrected chi connectivity index (χ1v) is 10.4. The Kier molecular flexibility index (Phi) is 4.30. The van der Waals surface area contributed by atoms with Gasteiger partial charge in [0.2, 0.25) is 10.0 Å². The average Bonchev–Trinajstić information content (AvgIpc) is 3.10. The van der Waals surface area contributed by atoms with Gasteiger partial charge in [0, 0.05) is 30.1 Å². The van der Waals surface area contributed by atoms with E-state index in [-0.39, 0.29) is 11.2 Å². The average molecular weight is 348 g/mol. The van der Waals surface area contributed by atoms with E-state index in [1.165, 1.54) is 6.42 Å². The van der Waals surface area contributed by atoms with Crippen LogP contribution in [0.4, 0.5) is 0 Å². The summed E-state index contributed by atoms with van der Waals surface area (Å²) in [5.41, 5.74) is 1.75. The minimum Gasteiger partial charge on any atom is -0.261 e. The maximum atomic E-state index is 13.0. The maximum Gasteiger partial charge on any atom is 0.217 e. The molecule has 2 aliphatic rings. The minimum absolute atomic E-state index is 0.171. The number of hydrogen-bond donors (Lipinski definition) is 1. The Bertz CT molecular complexity index is 811. The van der Waals surface area contributed by atoms with Gasteiger partial charge in [0.05, 0.1) is 11.4 Å². The lowest BCUT2D eigenvalue weighted by Crippen LogP contribution is -2.44. The Morgan fingerprint density at radius 2 is 1.92 bits per heavy atom. The van der Waals surface area contributed by atoms with Crippen LogP contribution in [0.25, 0.3) is 11.0 Å². The number of piperidine rings is 1. The van der Waals surface area contributed by atoms with Crippen LogP contribution in [0.5, 0.6) is 0 Å². The van der Waals surface area contributed by atoms with Crippen LogP contribution in [0, 0.1) is 0 Å². The van der Waals surface area contributed by atoms with Crippen molar-refractivity contribution in [2.24, 2.45) is 0 Å². The standard InChI is InChI=1S/C17H24N4O2S/c22-24(23,15-6-2-1-3-7-15)21-10-4-5-14(12-21)16-9-8-13-11-18-20-17(13)19-16/h8-9,11,14-15H,1-7,10,12H2,(H,18,19,20)/t14-/m1/s1. The first-order valence-electron chi connectivity index (χ1n) is 8.93. The van der Waals surface area contributed by atoms with Crippen LogP contribution in [-0.2, 0) is 10.0 Å². The van der Waals surface area contributed by atoms with Gasteiger partial charge in [-0.05, 0) is 37.8 Å². The molecule has 24 heavy (non-hydrogen) atoms. The summed E-state index contributed by atoms with van der Waals surface area (Å²) < 4.78 is 27.7. The lowest BCUT2D eigenvalue weighted by Gasteiger charge is -2.35. The van der Waals surface area contributed by atoms with Gasteiger partial charge in [-0.3, -0.25) is 5.10 Å². The van der Waals surface area contributed by atoms with E-state index in [9.17, 15) is 8.42 Å². The third-order valence-corrected chi connectivity index (χ3v) is 7.82. The van der Waals surface area contributed by atoms with Crippen LogP contribution >= 0.6 is 0 Å². The van der Waals surface area contributed by atoms with Gasteiger partial charge in [0.1, 0.15) is 0 Å². The van der Waals surface area contributed by atoms with E-state index in [1.807, 2.05) is 12.1 Å². The molecular weight excluding hydrogens is 324 g/mol. The molecule has 1 N–H and O–H groups in total. The van der Waals surface area contributed by atoms with Gasteiger partial charge in [0.15, 0.2) is 5.65 Å². The van der Waals surface area contributed by atoms with Crippen LogP contribution in [0.15, 0.2) is 18.3 Å². The van der Waals surface area contributed by atoms with Crippen molar-refractivity contribution in [1.29, 1.82) is 0 Å². The maximum absolute atomic E-state index is 13.0. The van der Waals surface area contributed by atoms with Crippen LogP contribution in [0.1, 0.15) is 56.6 Å². The molecule has 0 radical (unpaired) electrons.